The molecule has 0 saturated carbocycles. The van der Waals surface area contributed by atoms with Crippen LogP contribution in [0.1, 0.15) is 21.6 Å². The fraction of sp³-hybridized carbons (Fsp3) is 0.357. The summed E-state index contributed by atoms with van der Waals surface area (Å²) in [6.45, 7) is 2.36. The van der Waals surface area contributed by atoms with Crippen LogP contribution in [0.2, 0.25) is 0 Å². The van der Waals surface area contributed by atoms with E-state index in [1.54, 1.807) is 6.92 Å². The molecule has 6 nitrogen and oxygen atoms in total. The summed E-state index contributed by atoms with van der Waals surface area (Å²) in [5, 5.41) is 6.66. The van der Waals surface area contributed by atoms with Crippen molar-refractivity contribution >= 4 is 5.91 Å². The molecule has 0 saturated heterocycles. The van der Waals surface area contributed by atoms with Gasteiger partial charge in [0.05, 0.1) is 29.6 Å². The molecule has 1 amide bonds. The minimum absolute atomic E-state index is 0.200. The summed E-state index contributed by atoms with van der Waals surface area (Å²) in [4.78, 5) is 15.7. The third kappa shape index (κ3) is 3.86. The third-order valence-electron chi connectivity index (χ3n) is 3.14. The molecule has 2 heterocycles. The number of hydrogen-bond acceptors (Lipinski definition) is 4. The minimum atomic E-state index is -4.45. The molecule has 124 valence electrons. The van der Waals surface area contributed by atoms with Crippen molar-refractivity contribution in [1.29, 1.82) is 0 Å². The second-order valence-corrected chi connectivity index (χ2v) is 4.71. The lowest BCUT2D eigenvalue weighted by atomic mass is 10.2. The number of aromatic nitrogens is 3. The van der Waals surface area contributed by atoms with Crippen molar-refractivity contribution in [3.05, 3.63) is 41.3 Å². The van der Waals surface area contributed by atoms with Gasteiger partial charge >= 0.3 is 6.18 Å². The molecule has 2 aromatic heterocycles. The zero-order chi connectivity index (χ0) is 17.0. The van der Waals surface area contributed by atoms with E-state index < -0.39 is 11.7 Å². The van der Waals surface area contributed by atoms with Gasteiger partial charge in [-0.1, -0.05) is 0 Å². The molecule has 0 atom stereocenters. The molecule has 0 unspecified atom stereocenters. The fourth-order valence-corrected chi connectivity index (χ4v) is 1.90. The smallest absolute Gasteiger partial charge is 0.383 e. The molecule has 1 N–H and O–H groups in total. The monoisotopic (exact) mass is 328 g/mol. The quantitative estimate of drug-likeness (QED) is 0.852. The van der Waals surface area contributed by atoms with Gasteiger partial charge in [0.2, 0.25) is 0 Å². The van der Waals surface area contributed by atoms with Crippen molar-refractivity contribution in [3.8, 4) is 5.82 Å². The molecule has 23 heavy (non-hydrogen) atoms. The van der Waals surface area contributed by atoms with Crippen molar-refractivity contribution < 1.29 is 22.7 Å². The first-order valence-corrected chi connectivity index (χ1v) is 6.70. The average molecular weight is 328 g/mol. The Morgan fingerprint density at radius 3 is 2.65 bits per heavy atom. The highest BCUT2D eigenvalue weighted by Gasteiger charge is 2.30. The topological polar surface area (TPSA) is 69.0 Å². The highest BCUT2D eigenvalue weighted by molar-refractivity contribution is 5.95. The summed E-state index contributed by atoms with van der Waals surface area (Å²) in [5.41, 5.74) is -0.0430. The highest BCUT2D eigenvalue weighted by Crippen LogP contribution is 2.28. The second-order valence-electron chi connectivity index (χ2n) is 4.71. The molecule has 2 rings (SSSR count). The Bertz CT molecular complexity index is 680. The predicted octanol–water partition coefficient (Wildman–Crippen LogP) is 1.97. The second kappa shape index (κ2) is 6.78. The Morgan fingerprint density at radius 1 is 1.35 bits per heavy atom. The van der Waals surface area contributed by atoms with Crippen molar-refractivity contribution in [2.45, 2.75) is 13.1 Å². The first-order valence-electron chi connectivity index (χ1n) is 6.70. The van der Waals surface area contributed by atoms with Crippen LogP contribution < -0.4 is 5.32 Å². The van der Waals surface area contributed by atoms with Crippen LogP contribution in [-0.2, 0) is 10.9 Å². The molecular weight excluding hydrogens is 313 g/mol. The van der Waals surface area contributed by atoms with Crippen LogP contribution in [0.3, 0.4) is 0 Å². The Morgan fingerprint density at radius 2 is 2.09 bits per heavy atom. The third-order valence-corrected chi connectivity index (χ3v) is 3.14. The van der Waals surface area contributed by atoms with Gasteiger partial charge in [-0.25, -0.2) is 9.67 Å². The van der Waals surface area contributed by atoms with Crippen molar-refractivity contribution in [3.63, 3.8) is 0 Å². The molecule has 2 aromatic rings. The van der Waals surface area contributed by atoms with E-state index in [1.807, 2.05) is 0 Å². The molecule has 0 fully saturated rings. The van der Waals surface area contributed by atoms with Gasteiger partial charge < -0.3 is 10.1 Å². The van der Waals surface area contributed by atoms with Gasteiger partial charge in [0.15, 0.2) is 5.82 Å². The molecule has 0 bridgehead atoms. The minimum Gasteiger partial charge on any atom is -0.383 e. The van der Waals surface area contributed by atoms with E-state index in [2.05, 4.69) is 15.4 Å². The molecule has 0 aliphatic carbocycles. The van der Waals surface area contributed by atoms with Crippen LogP contribution in [0.4, 0.5) is 13.2 Å². The number of nitrogens with zero attached hydrogens (tertiary/aromatic N) is 3. The number of amides is 1. The lowest BCUT2D eigenvalue weighted by Crippen LogP contribution is -2.27. The molecule has 0 spiro atoms. The first-order chi connectivity index (χ1) is 10.8. The Hall–Kier alpha value is -2.42. The van der Waals surface area contributed by atoms with Gasteiger partial charge in [-0.05, 0) is 19.1 Å². The molecule has 0 aromatic carbocycles. The zero-order valence-electron chi connectivity index (χ0n) is 12.5. The van der Waals surface area contributed by atoms with E-state index in [9.17, 15) is 18.0 Å². The van der Waals surface area contributed by atoms with Gasteiger partial charge in [-0.3, -0.25) is 4.79 Å². The number of halogens is 3. The Kier molecular flexibility index (Phi) is 4.99. The fourth-order valence-electron chi connectivity index (χ4n) is 1.90. The van der Waals surface area contributed by atoms with Crippen LogP contribution in [0.25, 0.3) is 5.82 Å². The largest absolute Gasteiger partial charge is 0.417 e. The van der Waals surface area contributed by atoms with Crippen LogP contribution in [-0.4, -0.2) is 40.9 Å². The van der Waals surface area contributed by atoms with E-state index >= 15 is 0 Å². The van der Waals surface area contributed by atoms with Gasteiger partial charge in [0.25, 0.3) is 5.91 Å². The maximum atomic E-state index is 12.5. The maximum Gasteiger partial charge on any atom is 0.417 e. The van der Waals surface area contributed by atoms with Crippen LogP contribution in [0, 0.1) is 6.92 Å². The number of rotatable bonds is 5. The molecular formula is C14H15F3N4O2. The number of alkyl halides is 3. The lowest BCUT2D eigenvalue weighted by molar-refractivity contribution is -0.137. The highest BCUT2D eigenvalue weighted by atomic mass is 19.4. The lowest BCUT2D eigenvalue weighted by Gasteiger charge is -2.08. The van der Waals surface area contributed by atoms with E-state index in [0.717, 1.165) is 12.3 Å². The predicted molar refractivity (Wildman–Crippen MR) is 75.3 cm³/mol. The van der Waals surface area contributed by atoms with Gasteiger partial charge in [-0.15, -0.1) is 0 Å². The van der Waals surface area contributed by atoms with Crippen LogP contribution in [0.15, 0.2) is 24.5 Å². The van der Waals surface area contributed by atoms with Crippen LogP contribution >= 0.6 is 0 Å². The summed E-state index contributed by atoms with van der Waals surface area (Å²) in [6.07, 6.45) is -2.37. The Labute approximate surface area is 130 Å². The van der Waals surface area contributed by atoms with Gasteiger partial charge in [-0.2, -0.15) is 18.3 Å². The van der Waals surface area contributed by atoms with Gasteiger partial charge in [0.1, 0.15) is 0 Å². The van der Waals surface area contributed by atoms with Crippen molar-refractivity contribution in [1.82, 2.24) is 20.1 Å². The van der Waals surface area contributed by atoms with Gasteiger partial charge in [0, 0.05) is 19.9 Å². The summed E-state index contributed by atoms with van der Waals surface area (Å²) < 4.78 is 43.7. The first kappa shape index (κ1) is 16.9. The van der Waals surface area contributed by atoms with Crippen molar-refractivity contribution in [2.24, 2.45) is 0 Å². The number of nitrogens with one attached hydrogen (secondary N) is 1. The number of carbonyl (C=O) groups is 1. The summed E-state index contributed by atoms with van der Waals surface area (Å²) in [7, 11) is 1.52. The molecule has 0 aliphatic rings. The number of ether oxygens (including phenoxy) is 1. The van der Waals surface area contributed by atoms with E-state index in [-0.39, 0.29) is 11.7 Å². The summed E-state index contributed by atoms with van der Waals surface area (Å²) in [6, 6.07) is 2.12. The van der Waals surface area contributed by atoms with Crippen molar-refractivity contribution in [2.75, 3.05) is 20.3 Å². The van der Waals surface area contributed by atoms with E-state index in [0.29, 0.717) is 24.4 Å². The molecule has 0 aliphatic heterocycles. The zero-order valence-corrected chi connectivity index (χ0v) is 12.5. The van der Waals surface area contributed by atoms with E-state index in [1.165, 1.54) is 24.1 Å². The summed E-state index contributed by atoms with van der Waals surface area (Å²) >= 11 is 0. The maximum absolute atomic E-state index is 12.5. The number of pyridine rings is 1. The SMILES string of the molecule is COCCNC(=O)c1cnn(-c2ccc(C(F)(F)F)cn2)c1C. The Balaban J connectivity index is 2.20. The number of carbonyl (C=O) groups excluding carboxylic acids is 1. The standard InChI is InChI=1S/C14H15F3N4O2/c1-9-11(13(22)18-5-6-23-2)8-20-21(9)12-4-3-10(7-19-12)14(15,16)17/h3-4,7-8H,5-6H2,1-2H3,(H,18,22). The normalized spacial score (nSPS) is 11.5. The molecule has 0 radical (unpaired) electrons. The average Bonchev–Trinajstić information content (AvgIpc) is 2.88. The number of methoxy groups -OCH3 is 1. The summed E-state index contributed by atoms with van der Waals surface area (Å²) in [5.74, 6) is -0.135. The van der Waals surface area contributed by atoms with E-state index in [4.69, 9.17) is 4.74 Å². The molecule has 9 heteroatoms. The number of hydrogen-bond donors (Lipinski definition) is 1. The van der Waals surface area contributed by atoms with Crippen LogP contribution in [0.5, 0.6) is 0 Å².